The smallest absolute Gasteiger partial charge is 0.191 e. The second-order valence-electron chi connectivity index (χ2n) is 7.47. The Morgan fingerprint density at radius 1 is 1.21 bits per heavy atom. The summed E-state index contributed by atoms with van der Waals surface area (Å²) >= 11 is 0. The van der Waals surface area contributed by atoms with Gasteiger partial charge < -0.3 is 15.4 Å². The lowest BCUT2D eigenvalue weighted by atomic mass is 10.0. The van der Waals surface area contributed by atoms with E-state index in [-0.39, 0.29) is 11.9 Å². The molecule has 0 saturated carbocycles. The average Bonchev–Trinajstić information content (AvgIpc) is 3.20. The molecule has 0 aliphatic carbocycles. The first-order chi connectivity index (χ1) is 13.7. The van der Waals surface area contributed by atoms with Crippen LogP contribution in [0.1, 0.15) is 31.4 Å². The molecule has 1 aromatic carbocycles. The molecule has 1 aromatic rings. The standard InChI is InChI=1S/C21H34FN5O/c1-3-26-10-4-5-19(26)15-24-21(23-2)25-16-20(27-11-13-28-14-12-27)17-6-8-18(22)9-7-17/h6-9,19-20H,3-5,10-16H2,1-2H3,(H2,23,24,25). The minimum atomic E-state index is -0.202. The van der Waals surface area contributed by atoms with E-state index >= 15 is 0 Å². The summed E-state index contributed by atoms with van der Waals surface area (Å²) in [6.45, 7) is 9.37. The Kier molecular flexibility index (Phi) is 8.06. The Morgan fingerprint density at radius 3 is 2.64 bits per heavy atom. The van der Waals surface area contributed by atoms with E-state index in [1.54, 1.807) is 0 Å². The third-order valence-corrected chi connectivity index (χ3v) is 5.84. The van der Waals surface area contributed by atoms with Gasteiger partial charge in [0.2, 0.25) is 0 Å². The quantitative estimate of drug-likeness (QED) is 0.549. The monoisotopic (exact) mass is 391 g/mol. The van der Waals surface area contributed by atoms with E-state index in [0.717, 1.165) is 50.9 Å². The highest BCUT2D eigenvalue weighted by Crippen LogP contribution is 2.21. The van der Waals surface area contributed by atoms with Crippen LogP contribution in [-0.4, -0.2) is 81.3 Å². The summed E-state index contributed by atoms with van der Waals surface area (Å²) in [5.74, 6) is 0.621. The van der Waals surface area contributed by atoms with Crippen LogP contribution in [0.15, 0.2) is 29.3 Å². The molecule has 2 saturated heterocycles. The number of ether oxygens (including phenoxy) is 1. The zero-order valence-electron chi connectivity index (χ0n) is 17.2. The molecule has 3 rings (SSSR count). The zero-order chi connectivity index (χ0) is 19.8. The first kappa shape index (κ1) is 21.0. The molecule has 156 valence electrons. The van der Waals surface area contributed by atoms with Gasteiger partial charge >= 0.3 is 0 Å². The van der Waals surface area contributed by atoms with E-state index in [0.29, 0.717) is 12.6 Å². The van der Waals surface area contributed by atoms with Crippen LogP contribution in [-0.2, 0) is 4.74 Å². The van der Waals surface area contributed by atoms with E-state index in [9.17, 15) is 4.39 Å². The van der Waals surface area contributed by atoms with Crippen molar-refractivity contribution in [2.45, 2.75) is 31.8 Å². The predicted octanol–water partition coefficient (Wildman–Crippen LogP) is 1.85. The van der Waals surface area contributed by atoms with Crippen molar-refractivity contribution in [3.63, 3.8) is 0 Å². The zero-order valence-corrected chi connectivity index (χ0v) is 17.2. The molecule has 0 radical (unpaired) electrons. The van der Waals surface area contributed by atoms with Crippen molar-refractivity contribution in [3.05, 3.63) is 35.6 Å². The molecule has 0 aromatic heterocycles. The molecular weight excluding hydrogens is 357 g/mol. The molecule has 6 nitrogen and oxygen atoms in total. The number of aliphatic imine (C=N–C) groups is 1. The maximum absolute atomic E-state index is 13.4. The Morgan fingerprint density at radius 2 is 1.96 bits per heavy atom. The number of halogens is 1. The highest BCUT2D eigenvalue weighted by molar-refractivity contribution is 5.79. The fourth-order valence-electron chi connectivity index (χ4n) is 4.20. The number of hydrogen-bond acceptors (Lipinski definition) is 4. The van der Waals surface area contributed by atoms with Crippen molar-refractivity contribution < 1.29 is 9.13 Å². The molecule has 0 bridgehead atoms. The van der Waals surface area contributed by atoms with Crippen LogP contribution in [0.25, 0.3) is 0 Å². The fraction of sp³-hybridized carbons (Fsp3) is 0.667. The Bertz CT molecular complexity index is 618. The van der Waals surface area contributed by atoms with Crippen LogP contribution in [0.2, 0.25) is 0 Å². The number of likely N-dealkylation sites (N-methyl/N-ethyl adjacent to an activating group) is 1. The van der Waals surface area contributed by atoms with Gasteiger partial charge in [0.05, 0.1) is 19.3 Å². The summed E-state index contributed by atoms with van der Waals surface area (Å²) in [6, 6.07) is 7.57. The second kappa shape index (κ2) is 10.7. The molecule has 2 aliphatic rings. The Labute approximate surface area is 168 Å². The summed E-state index contributed by atoms with van der Waals surface area (Å²) in [7, 11) is 1.81. The van der Waals surface area contributed by atoms with Gasteiger partial charge in [0.25, 0.3) is 0 Å². The van der Waals surface area contributed by atoms with E-state index in [1.807, 2.05) is 19.2 Å². The third-order valence-electron chi connectivity index (χ3n) is 5.84. The largest absolute Gasteiger partial charge is 0.379 e. The number of guanidine groups is 1. The van der Waals surface area contributed by atoms with Crippen LogP contribution in [0.3, 0.4) is 0 Å². The van der Waals surface area contributed by atoms with Crippen LogP contribution in [0.5, 0.6) is 0 Å². The SMILES string of the molecule is CCN1CCCC1CNC(=NC)NCC(c1ccc(F)cc1)N1CCOCC1. The van der Waals surface area contributed by atoms with E-state index in [1.165, 1.54) is 31.5 Å². The Hall–Kier alpha value is -1.70. The van der Waals surface area contributed by atoms with Crippen molar-refractivity contribution in [2.24, 2.45) is 4.99 Å². The molecule has 2 N–H and O–H groups in total. The number of nitrogens with one attached hydrogen (secondary N) is 2. The first-order valence-electron chi connectivity index (χ1n) is 10.5. The lowest BCUT2D eigenvalue weighted by Crippen LogP contribution is -2.48. The highest BCUT2D eigenvalue weighted by Gasteiger charge is 2.24. The second-order valence-corrected chi connectivity index (χ2v) is 7.47. The molecule has 28 heavy (non-hydrogen) atoms. The van der Waals surface area contributed by atoms with Crippen LogP contribution in [0, 0.1) is 5.82 Å². The van der Waals surface area contributed by atoms with E-state index < -0.39 is 0 Å². The van der Waals surface area contributed by atoms with Gasteiger partial charge in [0.15, 0.2) is 5.96 Å². The normalized spacial score (nSPS) is 23.0. The lowest BCUT2D eigenvalue weighted by Gasteiger charge is -2.35. The minimum Gasteiger partial charge on any atom is -0.379 e. The number of benzene rings is 1. The van der Waals surface area contributed by atoms with Crippen molar-refractivity contribution in [1.82, 2.24) is 20.4 Å². The fourth-order valence-corrected chi connectivity index (χ4v) is 4.20. The molecule has 2 aliphatic heterocycles. The molecule has 2 atom stereocenters. The summed E-state index contributed by atoms with van der Waals surface area (Å²) in [6.07, 6.45) is 2.51. The molecule has 2 heterocycles. The van der Waals surface area contributed by atoms with Crippen molar-refractivity contribution in [3.8, 4) is 0 Å². The van der Waals surface area contributed by atoms with Crippen LogP contribution in [0.4, 0.5) is 4.39 Å². The Balaban J connectivity index is 1.58. The van der Waals surface area contributed by atoms with Crippen molar-refractivity contribution in [2.75, 3.05) is 59.5 Å². The number of nitrogens with zero attached hydrogens (tertiary/aromatic N) is 3. The number of hydrogen-bond donors (Lipinski definition) is 2. The van der Waals surface area contributed by atoms with Gasteiger partial charge in [-0.15, -0.1) is 0 Å². The van der Waals surface area contributed by atoms with E-state index in [2.05, 4.69) is 32.3 Å². The topological polar surface area (TPSA) is 52.1 Å². The van der Waals surface area contributed by atoms with Gasteiger partial charge in [-0.05, 0) is 43.6 Å². The first-order valence-corrected chi connectivity index (χ1v) is 10.5. The molecule has 0 amide bonds. The van der Waals surface area contributed by atoms with Gasteiger partial charge in [-0.2, -0.15) is 0 Å². The highest BCUT2D eigenvalue weighted by atomic mass is 19.1. The van der Waals surface area contributed by atoms with Crippen LogP contribution >= 0.6 is 0 Å². The van der Waals surface area contributed by atoms with Gasteiger partial charge in [-0.3, -0.25) is 14.8 Å². The molecular formula is C21H34FN5O. The molecule has 2 fully saturated rings. The summed E-state index contributed by atoms with van der Waals surface area (Å²) in [5, 5.41) is 6.97. The number of morpholine rings is 1. The third kappa shape index (κ3) is 5.65. The predicted molar refractivity (Wildman–Crippen MR) is 111 cm³/mol. The maximum atomic E-state index is 13.4. The maximum Gasteiger partial charge on any atom is 0.191 e. The van der Waals surface area contributed by atoms with E-state index in [4.69, 9.17) is 4.74 Å². The van der Waals surface area contributed by atoms with Crippen molar-refractivity contribution in [1.29, 1.82) is 0 Å². The summed E-state index contributed by atoms with van der Waals surface area (Å²) < 4.78 is 18.9. The summed E-state index contributed by atoms with van der Waals surface area (Å²) in [4.78, 5) is 9.32. The minimum absolute atomic E-state index is 0.154. The summed E-state index contributed by atoms with van der Waals surface area (Å²) in [5.41, 5.74) is 1.11. The number of rotatable bonds is 7. The van der Waals surface area contributed by atoms with Gasteiger partial charge in [0, 0.05) is 39.3 Å². The average molecular weight is 392 g/mol. The van der Waals surface area contributed by atoms with Crippen LogP contribution < -0.4 is 10.6 Å². The number of likely N-dealkylation sites (tertiary alicyclic amines) is 1. The van der Waals surface area contributed by atoms with Gasteiger partial charge in [-0.25, -0.2) is 4.39 Å². The van der Waals surface area contributed by atoms with Crippen molar-refractivity contribution >= 4 is 5.96 Å². The van der Waals surface area contributed by atoms with Gasteiger partial charge in [0.1, 0.15) is 5.82 Å². The molecule has 0 spiro atoms. The lowest BCUT2D eigenvalue weighted by molar-refractivity contribution is 0.0170. The molecule has 2 unspecified atom stereocenters. The van der Waals surface area contributed by atoms with Gasteiger partial charge in [-0.1, -0.05) is 19.1 Å². The molecule has 7 heteroatoms.